The van der Waals surface area contributed by atoms with Gasteiger partial charge in [0.05, 0.1) is 10.9 Å². The molecule has 0 radical (unpaired) electrons. The molecule has 1 aromatic carbocycles. The average Bonchev–Trinajstić information content (AvgIpc) is 3.01. The van der Waals surface area contributed by atoms with Crippen LogP contribution in [-0.2, 0) is 13.1 Å². The second-order valence-electron chi connectivity index (χ2n) is 6.09. The summed E-state index contributed by atoms with van der Waals surface area (Å²) in [5.74, 6) is 0.529. The third-order valence-corrected chi connectivity index (χ3v) is 5.44. The van der Waals surface area contributed by atoms with Crippen LogP contribution in [0, 0.1) is 0 Å². The number of thiophene rings is 1. The highest BCUT2D eigenvalue weighted by Crippen LogP contribution is 2.21. The van der Waals surface area contributed by atoms with Crippen LogP contribution in [-0.4, -0.2) is 30.0 Å². The number of nitrogens with two attached hydrogens (primary N) is 1. The van der Waals surface area contributed by atoms with Gasteiger partial charge in [-0.15, -0.1) is 35.3 Å². The highest BCUT2D eigenvalue weighted by atomic mass is 127. The maximum Gasteiger partial charge on any atom is 0.189 e. The van der Waals surface area contributed by atoms with E-state index in [-0.39, 0.29) is 24.0 Å². The van der Waals surface area contributed by atoms with E-state index in [2.05, 4.69) is 45.5 Å². The Morgan fingerprint density at radius 3 is 2.56 bits per heavy atom. The van der Waals surface area contributed by atoms with Crippen molar-refractivity contribution in [2.75, 3.05) is 13.1 Å². The molecule has 25 heavy (non-hydrogen) atoms. The van der Waals surface area contributed by atoms with Crippen molar-refractivity contribution in [3.63, 3.8) is 0 Å². The number of nitrogens with zero attached hydrogens (tertiary/aromatic N) is 2. The largest absolute Gasteiger partial charge is 0.370 e. The fourth-order valence-electron chi connectivity index (χ4n) is 2.93. The lowest BCUT2D eigenvalue weighted by molar-refractivity contribution is 0.199. The number of piperidine rings is 1. The quantitative estimate of drug-likeness (QED) is 0.377. The van der Waals surface area contributed by atoms with Gasteiger partial charge in [-0.05, 0) is 30.5 Å². The summed E-state index contributed by atoms with van der Waals surface area (Å²) >= 11 is 7.47. The smallest absolute Gasteiger partial charge is 0.189 e. The molecule has 0 unspecified atom stereocenters. The second-order valence-corrected chi connectivity index (χ2v) is 7.89. The predicted octanol–water partition coefficient (Wildman–Crippen LogP) is 4.09. The van der Waals surface area contributed by atoms with Crippen molar-refractivity contribution in [1.29, 1.82) is 0 Å². The molecule has 7 heteroatoms. The number of likely N-dealkylation sites (tertiary alicyclic amines) is 1. The molecule has 1 aliphatic heterocycles. The minimum atomic E-state index is 0. The van der Waals surface area contributed by atoms with Gasteiger partial charge in [-0.2, -0.15) is 0 Å². The summed E-state index contributed by atoms with van der Waals surface area (Å²) in [6, 6.07) is 14.9. The van der Waals surface area contributed by atoms with Gasteiger partial charge < -0.3 is 11.1 Å². The summed E-state index contributed by atoms with van der Waals surface area (Å²) in [4.78, 5) is 8.03. The van der Waals surface area contributed by atoms with Crippen LogP contribution in [0.2, 0.25) is 4.34 Å². The van der Waals surface area contributed by atoms with Gasteiger partial charge in [0.25, 0.3) is 0 Å². The summed E-state index contributed by atoms with van der Waals surface area (Å²) in [7, 11) is 0. The van der Waals surface area contributed by atoms with E-state index in [0.29, 0.717) is 18.5 Å². The molecule has 4 nitrogen and oxygen atoms in total. The molecule has 3 N–H and O–H groups in total. The van der Waals surface area contributed by atoms with Crippen molar-refractivity contribution in [1.82, 2.24) is 10.2 Å². The van der Waals surface area contributed by atoms with Crippen LogP contribution in [0.1, 0.15) is 23.3 Å². The second kappa shape index (κ2) is 10.4. The number of guanidine groups is 1. The van der Waals surface area contributed by atoms with Crippen molar-refractivity contribution >= 4 is 52.9 Å². The number of hydrogen-bond acceptors (Lipinski definition) is 3. The van der Waals surface area contributed by atoms with Crippen LogP contribution in [0.4, 0.5) is 0 Å². The van der Waals surface area contributed by atoms with Crippen LogP contribution >= 0.6 is 46.9 Å². The fourth-order valence-corrected chi connectivity index (χ4v) is 3.94. The van der Waals surface area contributed by atoms with E-state index >= 15 is 0 Å². The van der Waals surface area contributed by atoms with E-state index in [4.69, 9.17) is 17.3 Å². The lowest BCUT2D eigenvalue weighted by atomic mass is 10.0. The average molecular weight is 491 g/mol. The van der Waals surface area contributed by atoms with Crippen LogP contribution in [0.3, 0.4) is 0 Å². The molecule has 2 heterocycles. The Morgan fingerprint density at radius 1 is 1.20 bits per heavy atom. The molecule has 0 atom stereocenters. The summed E-state index contributed by atoms with van der Waals surface area (Å²) in [6.45, 7) is 3.78. The Kier molecular flexibility index (Phi) is 8.48. The van der Waals surface area contributed by atoms with Gasteiger partial charge in [0.2, 0.25) is 0 Å². The van der Waals surface area contributed by atoms with Gasteiger partial charge in [-0.25, -0.2) is 4.99 Å². The predicted molar refractivity (Wildman–Crippen MR) is 118 cm³/mol. The highest BCUT2D eigenvalue weighted by molar-refractivity contribution is 14.0. The van der Waals surface area contributed by atoms with Gasteiger partial charge in [0, 0.05) is 30.6 Å². The van der Waals surface area contributed by atoms with Gasteiger partial charge in [0.1, 0.15) is 0 Å². The van der Waals surface area contributed by atoms with Crippen LogP contribution in [0.5, 0.6) is 0 Å². The third-order valence-electron chi connectivity index (χ3n) is 4.22. The molecule has 1 fully saturated rings. The van der Waals surface area contributed by atoms with Gasteiger partial charge >= 0.3 is 0 Å². The first-order chi connectivity index (χ1) is 11.7. The van der Waals surface area contributed by atoms with Crippen LogP contribution in [0.15, 0.2) is 47.5 Å². The number of nitrogens with one attached hydrogen (secondary N) is 1. The normalized spacial score (nSPS) is 16.4. The summed E-state index contributed by atoms with van der Waals surface area (Å²) in [5, 5.41) is 3.35. The van der Waals surface area contributed by atoms with Gasteiger partial charge in [0.15, 0.2) is 5.96 Å². The SMILES string of the molecule is I.NC(=NCc1ccc(Cl)s1)NC1CCN(Cc2ccccc2)CC1. The standard InChI is InChI=1S/C18H23ClN4S.HI/c19-17-7-6-16(24-17)12-21-18(20)22-15-8-10-23(11-9-15)13-14-4-2-1-3-5-14;/h1-7,15H,8-13H2,(H3,20,21,22);1H. The number of aliphatic imine (C=N–C) groups is 1. The molecule has 1 aliphatic rings. The Balaban J connectivity index is 0.00000225. The van der Waals surface area contributed by atoms with Crippen molar-refractivity contribution in [2.24, 2.45) is 10.7 Å². The Hall–Kier alpha value is -0.830. The van der Waals surface area contributed by atoms with Gasteiger partial charge in [-0.1, -0.05) is 41.9 Å². The first kappa shape index (κ1) is 20.5. The zero-order valence-electron chi connectivity index (χ0n) is 14.0. The molecule has 0 aliphatic carbocycles. The lowest BCUT2D eigenvalue weighted by Gasteiger charge is -2.32. The summed E-state index contributed by atoms with van der Waals surface area (Å²) in [5.41, 5.74) is 7.39. The Labute approximate surface area is 175 Å². The monoisotopic (exact) mass is 490 g/mol. The van der Waals surface area contributed by atoms with E-state index in [1.165, 1.54) is 5.56 Å². The van der Waals surface area contributed by atoms with Crippen LogP contribution < -0.4 is 11.1 Å². The Morgan fingerprint density at radius 2 is 1.92 bits per heavy atom. The maximum atomic E-state index is 6.01. The number of halogens is 2. The van der Waals surface area contributed by atoms with Crippen molar-refractivity contribution < 1.29 is 0 Å². The lowest BCUT2D eigenvalue weighted by Crippen LogP contribution is -2.46. The molecule has 0 amide bonds. The molecular weight excluding hydrogens is 467 g/mol. The maximum absolute atomic E-state index is 6.01. The molecule has 136 valence electrons. The summed E-state index contributed by atoms with van der Waals surface area (Å²) in [6.07, 6.45) is 2.18. The minimum Gasteiger partial charge on any atom is -0.370 e. The van der Waals surface area contributed by atoms with E-state index in [1.54, 1.807) is 11.3 Å². The molecule has 0 saturated carbocycles. The molecule has 1 saturated heterocycles. The zero-order valence-corrected chi connectivity index (χ0v) is 17.9. The fraction of sp³-hybridized carbons (Fsp3) is 0.389. The van der Waals surface area contributed by atoms with E-state index in [1.807, 2.05) is 12.1 Å². The molecule has 3 rings (SSSR count). The number of hydrogen-bond donors (Lipinski definition) is 2. The van der Waals surface area contributed by atoms with Crippen molar-refractivity contribution in [2.45, 2.75) is 32.0 Å². The zero-order chi connectivity index (χ0) is 16.8. The molecule has 2 aromatic rings. The minimum absolute atomic E-state index is 0. The summed E-state index contributed by atoms with van der Waals surface area (Å²) < 4.78 is 0.789. The van der Waals surface area contributed by atoms with Crippen molar-refractivity contribution in [3.05, 3.63) is 57.2 Å². The Bertz CT molecular complexity index is 669. The molecule has 1 aromatic heterocycles. The molecule has 0 bridgehead atoms. The number of benzene rings is 1. The first-order valence-electron chi connectivity index (χ1n) is 8.26. The third kappa shape index (κ3) is 6.77. The topological polar surface area (TPSA) is 53.6 Å². The molecule has 0 spiro atoms. The van der Waals surface area contributed by atoms with Crippen LogP contribution in [0.25, 0.3) is 0 Å². The van der Waals surface area contributed by atoms with E-state index < -0.39 is 0 Å². The van der Waals surface area contributed by atoms with E-state index in [9.17, 15) is 0 Å². The van der Waals surface area contributed by atoms with Crippen molar-refractivity contribution in [3.8, 4) is 0 Å². The van der Waals surface area contributed by atoms with Gasteiger partial charge in [-0.3, -0.25) is 4.90 Å². The first-order valence-corrected chi connectivity index (χ1v) is 9.45. The number of rotatable bonds is 5. The van der Waals surface area contributed by atoms with E-state index in [0.717, 1.165) is 41.7 Å². The highest BCUT2D eigenvalue weighted by Gasteiger charge is 2.19. The molecular formula is C18H24ClIN4S.